The molecule has 29 heavy (non-hydrogen) atoms. The van der Waals surface area contributed by atoms with Crippen molar-refractivity contribution < 1.29 is 17.9 Å². The van der Waals surface area contributed by atoms with Gasteiger partial charge in [-0.15, -0.1) is 0 Å². The number of benzene rings is 2. The molecular formula is C22H26N2O4S. The third-order valence-electron chi connectivity index (χ3n) is 4.91. The third-order valence-corrected chi connectivity index (χ3v) is 6.45. The lowest BCUT2D eigenvalue weighted by molar-refractivity contribution is -0.111. The first-order valence-electron chi connectivity index (χ1n) is 9.72. The van der Waals surface area contributed by atoms with Gasteiger partial charge < -0.3 is 10.1 Å². The van der Waals surface area contributed by atoms with Gasteiger partial charge in [-0.1, -0.05) is 37.5 Å². The summed E-state index contributed by atoms with van der Waals surface area (Å²) >= 11 is 0. The second kappa shape index (κ2) is 9.71. The maximum absolute atomic E-state index is 12.5. The van der Waals surface area contributed by atoms with Crippen molar-refractivity contribution in [1.82, 2.24) is 4.72 Å². The van der Waals surface area contributed by atoms with Gasteiger partial charge in [0, 0.05) is 23.4 Å². The molecule has 3 rings (SSSR count). The number of sulfonamides is 1. The molecule has 0 saturated heterocycles. The maximum Gasteiger partial charge on any atom is 0.248 e. The van der Waals surface area contributed by atoms with Crippen LogP contribution in [0.15, 0.2) is 59.5 Å². The van der Waals surface area contributed by atoms with E-state index in [4.69, 9.17) is 4.74 Å². The molecule has 1 amide bonds. The highest BCUT2D eigenvalue weighted by atomic mass is 32.2. The van der Waals surface area contributed by atoms with Gasteiger partial charge in [0.25, 0.3) is 0 Å². The molecule has 6 nitrogen and oxygen atoms in total. The topological polar surface area (TPSA) is 84.5 Å². The van der Waals surface area contributed by atoms with Crippen LogP contribution >= 0.6 is 0 Å². The Bertz CT molecular complexity index is 963. The maximum atomic E-state index is 12.5. The van der Waals surface area contributed by atoms with Gasteiger partial charge in [0.05, 0.1) is 12.0 Å². The molecule has 0 heterocycles. The lowest BCUT2D eigenvalue weighted by Gasteiger charge is -2.22. The van der Waals surface area contributed by atoms with Crippen LogP contribution < -0.4 is 14.8 Å². The van der Waals surface area contributed by atoms with E-state index in [9.17, 15) is 13.2 Å². The lowest BCUT2D eigenvalue weighted by Crippen LogP contribution is -2.36. The van der Waals surface area contributed by atoms with E-state index in [1.807, 2.05) is 24.3 Å². The van der Waals surface area contributed by atoms with Crippen molar-refractivity contribution in [3.8, 4) is 5.75 Å². The van der Waals surface area contributed by atoms with Crippen molar-refractivity contribution in [2.24, 2.45) is 0 Å². The monoisotopic (exact) mass is 414 g/mol. The van der Waals surface area contributed by atoms with Crippen LogP contribution in [0.3, 0.4) is 0 Å². The van der Waals surface area contributed by atoms with Crippen molar-refractivity contribution in [2.45, 2.75) is 43.0 Å². The summed E-state index contributed by atoms with van der Waals surface area (Å²) in [5.74, 6) is 0.364. The van der Waals surface area contributed by atoms with Gasteiger partial charge in [-0.05, 0) is 49.2 Å². The van der Waals surface area contributed by atoms with Gasteiger partial charge in [0.2, 0.25) is 15.9 Å². The summed E-state index contributed by atoms with van der Waals surface area (Å²) in [5, 5.41) is 2.73. The summed E-state index contributed by atoms with van der Waals surface area (Å²) in [5.41, 5.74) is 1.32. The number of carbonyl (C=O) groups excluding carboxylic acids is 1. The zero-order valence-corrected chi connectivity index (χ0v) is 17.2. The molecule has 1 saturated carbocycles. The SMILES string of the molecule is COc1ccccc1/C=C/C(=O)Nc1ccc(S(=O)(=O)NC2CCCCC2)cc1. The molecule has 0 unspecified atom stereocenters. The highest BCUT2D eigenvalue weighted by Crippen LogP contribution is 2.21. The van der Waals surface area contributed by atoms with Gasteiger partial charge in [-0.2, -0.15) is 0 Å². The molecule has 0 spiro atoms. The summed E-state index contributed by atoms with van der Waals surface area (Å²) in [6.45, 7) is 0. The molecule has 2 N–H and O–H groups in total. The van der Waals surface area contributed by atoms with E-state index < -0.39 is 10.0 Å². The van der Waals surface area contributed by atoms with Crippen LogP contribution in [0, 0.1) is 0 Å². The molecule has 1 aliphatic rings. The van der Waals surface area contributed by atoms with Gasteiger partial charge in [-0.25, -0.2) is 13.1 Å². The highest BCUT2D eigenvalue weighted by molar-refractivity contribution is 7.89. The lowest BCUT2D eigenvalue weighted by atomic mass is 9.96. The van der Waals surface area contributed by atoms with Crippen LogP contribution in [0.4, 0.5) is 5.69 Å². The Hall–Kier alpha value is -2.64. The number of methoxy groups -OCH3 is 1. The Morgan fingerprint density at radius 2 is 1.72 bits per heavy atom. The average Bonchev–Trinajstić information content (AvgIpc) is 2.73. The van der Waals surface area contributed by atoms with Crippen molar-refractivity contribution in [2.75, 3.05) is 12.4 Å². The molecule has 1 aliphatic carbocycles. The molecule has 0 bridgehead atoms. The largest absolute Gasteiger partial charge is 0.496 e. The van der Waals surface area contributed by atoms with Crippen LogP contribution in [0.5, 0.6) is 5.75 Å². The molecule has 0 aromatic heterocycles. The number of nitrogens with one attached hydrogen (secondary N) is 2. The first kappa shape index (κ1) is 21.1. The normalized spacial score (nSPS) is 15.3. The van der Waals surface area contributed by atoms with E-state index in [2.05, 4.69) is 10.0 Å². The minimum absolute atomic E-state index is 0.00763. The summed E-state index contributed by atoms with van der Waals surface area (Å²) in [6, 6.07) is 13.6. The van der Waals surface area contributed by atoms with E-state index >= 15 is 0 Å². The van der Waals surface area contributed by atoms with Crippen LogP contribution in [-0.4, -0.2) is 27.5 Å². The first-order valence-corrected chi connectivity index (χ1v) is 11.2. The van der Waals surface area contributed by atoms with Gasteiger partial charge in [0.15, 0.2) is 0 Å². The smallest absolute Gasteiger partial charge is 0.248 e. The molecule has 2 aromatic rings. The van der Waals surface area contributed by atoms with Crippen LogP contribution in [0.2, 0.25) is 0 Å². The predicted octanol–water partition coefficient (Wildman–Crippen LogP) is 3.96. The Labute approximate surface area is 172 Å². The summed E-state index contributed by atoms with van der Waals surface area (Å²) in [4.78, 5) is 12.4. The number of para-hydroxylation sites is 1. The van der Waals surface area contributed by atoms with Crippen molar-refractivity contribution in [1.29, 1.82) is 0 Å². The summed E-state index contributed by atoms with van der Waals surface area (Å²) in [7, 11) is -1.97. The van der Waals surface area contributed by atoms with Gasteiger partial charge in [-0.3, -0.25) is 4.79 Å². The molecule has 0 aliphatic heterocycles. The number of rotatable bonds is 7. The summed E-state index contributed by atoms with van der Waals surface area (Å²) < 4.78 is 33.1. The standard InChI is InChI=1S/C22H26N2O4S/c1-28-21-10-6-5-7-17(21)11-16-22(25)23-18-12-14-20(15-13-18)29(26,27)24-19-8-3-2-4-9-19/h5-7,10-16,19,24H,2-4,8-9H2,1H3,(H,23,25)/b16-11+. The fourth-order valence-electron chi connectivity index (χ4n) is 3.38. The zero-order valence-electron chi connectivity index (χ0n) is 16.4. The Morgan fingerprint density at radius 3 is 2.41 bits per heavy atom. The van der Waals surface area contributed by atoms with E-state index in [1.54, 1.807) is 25.3 Å². The number of carbonyl (C=O) groups is 1. The van der Waals surface area contributed by atoms with Gasteiger partial charge >= 0.3 is 0 Å². The zero-order chi connectivity index (χ0) is 20.7. The number of hydrogen-bond donors (Lipinski definition) is 2. The predicted molar refractivity (Wildman–Crippen MR) is 114 cm³/mol. The van der Waals surface area contributed by atoms with Crippen molar-refractivity contribution >= 4 is 27.7 Å². The molecule has 0 radical (unpaired) electrons. The van der Waals surface area contributed by atoms with Crippen molar-refractivity contribution in [3.05, 3.63) is 60.2 Å². The molecule has 1 fully saturated rings. The second-order valence-corrected chi connectivity index (χ2v) is 8.76. The fourth-order valence-corrected chi connectivity index (χ4v) is 4.68. The van der Waals surface area contributed by atoms with Crippen molar-refractivity contribution in [3.63, 3.8) is 0 Å². The quantitative estimate of drug-likeness (QED) is 0.672. The van der Waals surface area contributed by atoms with E-state index in [1.165, 1.54) is 18.2 Å². The van der Waals surface area contributed by atoms with E-state index in [0.29, 0.717) is 11.4 Å². The Morgan fingerprint density at radius 1 is 1.03 bits per heavy atom. The van der Waals surface area contributed by atoms with Crippen LogP contribution in [-0.2, 0) is 14.8 Å². The molecule has 2 aromatic carbocycles. The van der Waals surface area contributed by atoms with E-state index in [-0.39, 0.29) is 16.8 Å². The Kier molecular flexibility index (Phi) is 7.06. The number of anilines is 1. The molecule has 0 atom stereocenters. The fraction of sp³-hybridized carbons (Fsp3) is 0.318. The Balaban J connectivity index is 1.61. The first-order chi connectivity index (χ1) is 14.0. The average molecular weight is 415 g/mol. The number of hydrogen-bond acceptors (Lipinski definition) is 4. The number of ether oxygens (including phenoxy) is 1. The van der Waals surface area contributed by atoms with Crippen LogP contribution in [0.25, 0.3) is 6.08 Å². The minimum atomic E-state index is -3.55. The minimum Gasteiger partial charge on any atom is -0.496 e. The molecule has 7 heteroatoms. The number of amides is 1. The highest BCUT2D eigenvalue weighted by Gasteiger charge is 2.21. The van der Waals surface area contributed by atoms with E-state index in [0.717, 1.165) is 37.7 Å². The van der Waals surface area contributed by atoms with Gasteiger partial charge in [0.1, 0.15) is 5.75 Å². The molecular weight excluding hydrogens is 388 g/mol. The second-order valence-electron chi connectivity index (χ2n) is 7.05. The van der Waals surface area contributed by atoms with Crippen LogP contribution in [0.1, 0.15) is 37.7 Å². The third kappa shape index (κ3) is 5.92. The molecule has 154 valence electrons. The summed E-state index contributed by atoms with van der Waals surface area (Å²) in [6.07, 6.45) is 8.12.